The third kappa shape index (κ3) is 8.22. The first-order valence-corrected chi connectivity index (χ1v) is 8.22. The summed E-state index contributed by atoms with van der Waals surface area (Å²) in [4.78, 5) is 50.1. The molecular weight excluding hydrogens is 346 g/mol. The number of rotatable bonds is 7. The third-order valence-electron chi connectivity index (χ3n) is 2.27. The molecule has 9 nitrogen and oxygen atoms in total. The van der Waals surface area contributed by atoms with Crippen LogP contribution >= 0.6 is 15.2 Å². The van der Waals surface area contributed by atoms with Gasteiger partial charge in [0.1, 0.15) is 0 Å². The number of hydrogen-bond donors (Lipinski definition) is 4. The smallest absolute Gasteiger partial charge is 0.808 e. The van der Waals surface area contributed by atoms with Crippen molar-refractivity contribution in [2.24, 2.45) is 0 Å². The number of carbonyl (C=O) groups excluding carboxylic acids is 1. The van der Waals surface area contributed by atoms with Gasteiger partial charge in [0.05, 0.1) is 0 Å². The molecule has 0 saturated heterocycles. The van der Waals surface area contributed by atoms with E-state index < -0.39 is 32.6 Å². The molecule has 112 valence electrons. The minimum absolute atomic E-state index is 0. The molecule has 0 rings (SSSR count). The van der Waals surface area contributed by atoms with Gasteiger partial charge < -0.3 is 34.6 Å². The van der Waals surface area contributed by atoms with E-state index in [1.807, 2.05) is 0 Å². The molecule has 1 unspecified atom stereocenters. The van der Waals surface area contributed by atoms with Gasteiger partial charge in [0, 0.05) is 12.1 Å². The SMILES string of the molecule is C=C(C)C(=O)NCCCC(O)(P(=O)([O-])[O-])P(=O)(O)O.[Na+].[Na+]. The zero-order valence-electron chi connectivity index (χ0n) is 12.1. The van der Waals surface area contributed by atoms with Gasteiger partial charge in [-0.2, -0.15) is 0 Å². The summed E-state index contributed by atoms with van der Waals surface area (Å²) >= 11 is 0. The van der Waals surface area contributed by atoms with Gasteiger partial charge in [0.15, 0.2) is 5.08 Å². The number of nitrogens with one attached hydrogen (secondary N) is 1. The number of aliphatic hydroxyl groups is 1. The molecule has 0 aliphatic heterocycles. The van der Waals surface area contributed by atoms with Crippen molar-refractivity contribution in [3.63, 3.8) is 0 Å². The molecule has 0 heterocycles. The van der Waals surface area contributed by atoms with E-state index in [1.54, 1.807) is 0 Å². The van der Waals surface area contributed by atoms with Crippen molar-refractivity contribution in [1.29, 1.82) is 0 Å². The Morgan fingerprint density at radius 3 is 2.00 bits per heavy atom. The predicted molar refractivity (Wildman–Crippen MR) is 61.7 cm³/mol. The molecule has 0 aliphatic carbocycles. The van der Waals surface area contributed by atoms with Crippen LogP contribution in [0.2, 0.25) is 0 Å². The summed E-state index contributed by atoms with van der Waals surface area (Å²) in [7, 11) is -11.5. The topological polar surface area (TPSA) is 170 Å². The van der Waals surface area contributed by atoms with Crippen molar-refractivity contribution >= 4 is 21.1 Å². The van der Waals surface area contributed by atoms with Crippen LogP contribution in [-0.4, -0.2) is 32.4 Å². The van der Waals surface area contributed by atoms with Gasteiger partial charge in [0.2, 0.25) is 5.91 Å². The molecule has 0 aromatic rings. The van der Waals surface area contributed by atoms with Gasteiger partial charge in [-0.1, -0.05) is 6.58 Å². The Morgan fingerprint density at radius 2 is 1.71 bits per heavy atom. The first-order valence-electron chi connectivity index (χ1n) is 5.07. The summed E-state index contributed by atoms with van der Waals surface area (Å²) in [5, 5.41) is 7.98. The Morgan fingerprint density at radius 1 is 1.29 bits per heavy atom. The molecule has 1 amide bonds. The van der Waals surface area contributed by atoms with Crippen molar-refractivity contribution in [3.8, 4) is 0 Å². The zero-order chi connectivity index (χ0) is 15.5. The maximum atomic E-state index is 11.1. The second-order valence-corrected chi connectivity index (χ2v) is 7.87. The van der Waals surface area contributed by atoms with E-state index in [4.69, 9.17) is 9.79 Å². The largest absolute Gasteiger partial charge is 1.00 e. The van der Waals surface area contributed by atoms with Gasteiger partial charge in [-0.25, -0.2) is 0 Å². The maximum Gasteiger partial charge on any atom is 1.00 e. The van der Waals surface area contributed by atoms with Crippen LogP contribution in [-0.2, 0) is 13.9 Å². The van der Waals surface area contributed by atoms with E-state index in [0.29, 0.717) is 0 Å². The molecule has 21 heavy (non-hydrogen) atoms. The molecule has 0 aromatic heterocycles. The van der Waals surface area contributed by atoms with Crippen molar-refractivity contribution in [2.75, 3.05) is 6.54 Å². The number of amides is 1. The van der Waals surface area contributed by atoms with E-state index in [9.17, 15) is 28.8 Å². The summed E-state index contributed by atoms with van der Waals surface area (Å²) in [5.74, 6) is -0.535. The molecular formula is C8H15NNa2O8P2. The Bertz CT molecular complexity index is 437. The summed E-state index contributed by atoms with van der Waals surface area (Å²) < 4.78 is 21.7. The minimum atomic E-state index is -5.93. The quantitative estimate of drug-likeness (QED) is 0.150. The Hall–Kier alpha value is 1.47. The van der Waals surface area contributed by atoms with Crippen molar-refractivity contribution in [2.45, 2.75) is 24.8 Å². The van der Waals surface area contributed by atoms with Gasteiger partial charge in [-0.15, -0.1) is 0 Å². The molecule has 0 fully saturated rings. The van der Waals surface area contributed by atoms with Gasteiger partial charge >= 0.3 is 66.7 Å². The second kappa shape index (κ2) is 10.4. The number of carbonyl (C=O) groups is 1. The van der Waals surface area contributed by atoms with E-state index in [-0.39, 0.29) is 77.7 Å². The summed E-state index contributed by atoms with van der Waals surface area (Å²) in [6, 6.07) is 0. The van der Waals surface area contributed by atoms with E-state index in [1.165, 1.54) is 6.92 Å². The molecule has 0 saturated carbocycles. The first-order chi connectivity index (χ1) is 8.33. The van der Waals surface area contributed by atoms with Crippen LogP contribution in [0.4, 0.5) is 0 Å². The van der Waals surface area contributed by atoms with Crippen LogP contribution in [0.3, 0.4) is 0 Å². The summed E-state index contributed by atoms with van der Waals surface area (Å²) in [6.45, 7) is 4.58. The predicted octanol–water partition coefficient (Wildman–Crippen LogP) is -7.80. The molecule has 0 aromatic carbocycles. The maximum absolute atomic E-state index is 11.1. The fourth-order valence-electron chi connectivity index (χ4n) is 1.12. The third-order valence-corrected chi connectivity index (χ3v) is 6.04. The molecule has 0 radical (unpaired) electrons. The molecule has 4 N–H and O–H groups in total. The normalized spacial score (nSPS) is 14.2. The van der Waals surface area contributed by atoms with Crippen LogP contribution in [0.5, 0.6) is 0 Å². The second-order valence-electron chi connectivity index (χ2n) is 3.96. The minimum Gasteiger partial charge on any atom is -0.808 e. The molecule has 0 aliphatic rings. The van der Waals surface area contributed by atoms with E-state index in [0.717, 1.165) is 0 Å². The fraction of sp³-hybridized carbons (Fsp3) is 0.625. The van der Waals surface area contributed by atoms with Crippen molar-refractivity contribution in [1.82, 2.24) is 5.32 Å². The summed E-state index contributed by atoms with van der Waals surface area (Å²) in [5.41, 5.74) is 0.184. The van der Waals surface area contributed by atoms with Crippen LogP contribution in [0.25, 0.3) is 0 Å². The van der Waals surface area contributed by atoms with E-state index in [2.05, 4.69) is 11.9 Å². The van der Waals surface area contributed by atoms with Gasteiger partial charge in [0.25, 0.3) is 0 Å². The summed E-state index contributed by atoms with van der Waals surface area (Å²) in [6.07, 6.45) is -1.30. The Balaban J connectivity index is -0.00000162. The van der Waals surface area contributed by atoms with Crippen LogP contribution < -0.4 is 74.2 Å². The zero-order valence-corrected chi connectivity index (χ0v) is 17.9. The van der Waals surface area contributed by atoms with Crippen molar-refractivity contribution in [3.05, 3.63) is 12.2 Å². The average molecular weight is 361 g/mol. The molecule has 0 bridgehead atoms. The molecule has 1 atom stereocenters. The fourth-order valence-corrected chi connectivity index (χ4v) is 3.28. The molecule has 13 heteroatoms. The standard InChI is InChI=1S/C8H17NO8P2.2Na/c1-6(2)7(10)9-5-3-4-8(11,18(12,13)14)19(15,16)17;;/h11H,1,3-5H2,2H3,(H,9,10)(H2,12,13,14)(H2,15,16,17);;/q;2*+1/p-2. The average Bonchev–Trinajstić information content (AvgIpc) is 2.20. The molecule has 0 spiro atoms. The Labute approximate surface area is 166 Å². The Kier molecular flexibility index (Phi) is 13.5. The van der Waals surface area contributed by atoms with E-state index >= 15 is 0 Å². The monoisotopic (exact) mass is 361 g/mol. The van der Waals surface area contributed by atoms with Crippen LogP contribution in [0, 0.1) is 0 Å². The van der Waals surface area contributed by atoms with Gasteiger partial charge in [-0.05, 0) is 27.4 Å². The number of hydrogen-bond acceptors (Lipinski definition) is 6. The van der Waals surface area contributed by atoms with Crippen molar-refractivity contribution < 1.29 is 97.7 Å². The van der Waals surface area contributed by atoms with Gasteiger partial charge in [-0.3, -0.25) is 9.36 Å². The van der Waals surface area contributed by atoms with Crippen LogP contribution in [0.15, 0.2) is 12.2 Å². The van der Waals surface area contributed by atoms with Crippen LogP contribution in [0.1, 0.15) is 19.8 Å². The first kappa shape index (κ1) is 27.3.